The molecular formula is C27H29N5O. The maximum Gasteiger partial charge on any atom is 0.130 e. The summed E-state index contributed by atoms with van der Waals surface area (Å²) in [5.74, 6) is 1.46. The van der Waals surface area contributed by atoms with Crippen LogP contribution in [0.5, 0.6) is 5.75 Å². The molecule has 3 rings (SSSR count). The van der Waals surface area contributed by atoms with Crippen molar-refractivity contribution in [3.05, 3.63) is 102 Å². The lowest BCUT2D eigenvalue weighted by Gasteiger charge is -2.12. The van der Waals surface area contributed by atoms with E-state index in [2.05, 4.69) is 23.3 Å². The molecule has 33 heavy (non-hydrogen) atoms. The van der Waals surface area contributed by atoms with Gasteiger partial charge in [-0.3, -0.25) is 4.98 Å². The molecule has 3 aromatic rings. The molecule has 0 radical (unpaired) electrons. The van der Waals surface area contributed by atoms with Gasteiger partial charge < -0.3 is 21.2 Å². The van der Waals surface area contributed by atoms with Gasteiger partial charge in [0.15, 0.2) is 0 Å². The molecular weight excluding hydrogens is 410 g/mol. The monoisotopic (exact) mass is 439 g/mol. The second-order valence-corrected chi connectivity index (χ2v) is 7.28. The molecule has 0 saturated heterocycles. The summed E-state index contributed by atoms with van der Waals surface area (Å²) in [4.78, 5) is 8.92. The molecule has 0 amide bonds. The Labute approximate surface area is 195 Å². The van der Waals surface area contributed by atoms with Gasteiger partial charge in [-0.25, -0.2) is 4.99 Å². The number of nitrogen functional groups attached to an aromatic ring is 1. The van der Waals surface area contributed by atoms with Crippen molar-refractivity contribution in [1.29, 1.82) is 5.41 Å². The number of anilines is 2. The molecule has 6 heteroatoms. The van der Waals surface area contributed by atoms with Crippen molar-refractivity contribution in [3.63, 3.8) is 0 Å². The number of nitrogens with zero attached hydrogens (tertiary/aromatic N) is 2. The highest BCUT2D eigenvalue weighted by Crippen LogP contribution is 2.24. The lowest BCUT2D eigenvalue weighted by molar-refractivity contribution is 0.306. The van der Waals surface area contributed by atoms with E-state index in [4.69, 9.17) is 20.9 Å². The molecule has 0 aliphatic rings. The minimum Gasteiger partial charge on any atom is -0.489 e. The van der Waals surface area contributed by atoms with Crippen molar-refractivity contribution in [1.82, 2.24) is 4.98 Å². The summed E-state index contributed by atoms with van der Waals surface area (Å²) in [5.41, 5.74) is 10.8. The van der Waals surface area contributed by atoms with Crippen molar-refractivity contribution >= 4 is 29.1 Å². The van der Waals surface area contributed by atoms with E-state index in [0.29, 0.717) is 23.7 Å². The molecule has 0 unspecified atom stereocenters. The number of hydrogen-bond donors (Lipinski definition) is 3. The van der Waals surface area contributed by atoms with Crippen LogP contribution in [0.4, 0.5) is 11.4 Å². The maximum absolute atomic E-state index is 7.53. The van der Waals surface area contributed by atoms with Crippen molar-refractivity contribution in [2.75, 3.05) is 11.1 Å². The summed E-state index contributed by atoms with van der Waals surface area (Å²) in [6.45, 7) is 4.50. The van der Waals surface area contributed by atoms with E-state index in [9.17, 15) is 0 Å². The van der Waals surface area contributed by atoms with E-state index in [0.717, 1.165) is 34.7 Å². The molecule has 1 aromatic heterocycles. The first-order valence-corrected chi connectivity index (χ1v) is 10.8. The van der Waals surface area contributed by atoms with Crippen LogP contribution in [0.3, 0.4) is 0 Å². The molecule has 168 valence electrons. The van der Waals surface area contributed by atoms with Crippen molar-refractivity contribution < 1.29 is 4.74 Å². The molecule has 6 nitrogen and oxygen atoms in total. The van der Waals surface area contributed by atoms with Crippen LogP contribution in [-0.2, 0) is 6.61 Å². The Morgan fingerprint density at radius 3 is 2.70 bits per heavy atom. The van der Waals surface area contributed by atoms with Crippen molar-refractivity contribution in [2.24, 2.45) is 4.99 Å². The number of amidine groups is 1. The van der Waals surface area contributed by atoms with E-state index in [1.165, 1.54) is 6.21 Å². The number of nitrogens with one attached hydrogen (secondary N) is 2. The normalized spacial score (nSPS) is 12.1. The molecule has 0 saturated carbocycles. The molecule has 1 heterocycles. The lowest BCUT2D eigenvalue weighted by Crippen LogP contribution is -2.10. The fraction of sp³-hybridized carbons (Fsp3) is 0.148. The SMILES string of the molecule is C\C=C/C(=N/C(=C/CC)c1cccc(OCc2ccncc2)c1)Nc1ccc(N)c(C=N)c1. The van der Waals surface area contributed by atoms with E-state index in [1.54, 1.807) is 18.5 Å². The van der Waals surface area contributed by atoms with Gasteiger partial charge in [-0.15, -0.1) is 0 Å². The van der Waals surface area contributed by atoms with Gasteiger partial charge >= 0.3 is 0 Å². The highest BCUT2D eigenvalue weighted by Gasteiger charge is 2.06. The maximum atomic E-state index is 7.53. The number of aliphatic imine (C=N–C) groups is 1. The van der Waals surface area contributed by atoms with E-state index in [-0.39, 0.29) is 0 Å². The summed E-state index contributed by atoms with van der Waals surface area (Å²) >= 11 is 0. The smallest absolute Gasteiger partial charge is 0.130 e. The standard InChI is InChI=1S/C27H29N5O/c1-3-6-26(21-8-5-9-24(17-21)33-19-20-12-14-30-15-13-20)32-27(7-4-2)31-23-10-11-25(29)22(16-23)18-28/h4-18,28H,3,19,29H2,1-2H3,(H,31,32)/b7-4-,26-6+,28-18?. The summed E-state index contributed by atoms with van der Waals surface area (Å²) < 4.78 is 5.98. The molecule has 0 fully saturated rings. The Bertz CT molecular complexity index is 1170. The van der Waals surface area contributed by atoms with Crippen LogP contribution in [0.1, 0.15) is 37.0 Å². The van der Waals surface area contributed by atoms with Gasteiger partial charge in [-0.1, -0.05) is 31.2 Å². The van der Waals surface area contributed by atoms with Gasteiger partial charge in [0, 0.05) is 41.1 Å². The van der Waals surface area contributed by atoms with Gasteiger partial charge in [0.25, 0.3) is 0 Å². The van der Waals surface area contributed by atoms with Gasteiger partial charge in [-0.05, 0) is 67.4 Å². The predicted molar refractivity (Wildman–Crippen MR) is 138 cm³/mol. The Hall–Kier alpha value is -4.19. The molecule has 0 aliphatic carbocycles. The van der Waals surface area contributed by atoms with Crippen LogP contribution in [0, 0.1) is 5.41 Å². The first-order chi connectivity index (χ1) is 16.1. The number of pyridine rings is 1. The summed E-state index contributed by atoms with van der Waals surface area (Å²) in [5, 5.41) is 10.9. The third-order valence-electron chi connectivity index (χ3n) is 4.76. The zero-order chi connectivity index (χ0) is 23.5. The van der Waals surface area contributed by atoms with E-state index >= 15 is 0 Å². The molecule has 0 atom stereocenters. The molecule has 4 N–H and O–H groups in total. The van der Waals surface area contributed by atoms with E-state index < -0.39 is 0 Å². The van der Waals surface area contributed by atoms with Gasteiger partial charge in [0.2, 0.25) is 0 Å². The Kier molecular flexibility index (Phi) is 8.54. The quantitative estimate of drug-likeness (QED) is 0.214. The average molecular weight is 440 g/mol. The zero-order valence-corrected chi connectivity index (χ0v) is 19.0. The van der Waals surface area contributed by atoms with Crippen molar-refractivity contribution in [3.8, 4) is 5.75 Å². The minimum absolute atomic E-state index is 0.472. The minimum atomic E-state index is 0.472. The second kappa shape index (κ2) is 12.0. The Morgan fingerprint density at radius 1 is 1.15 bits per heavy atom. The lowest BCUT2D eigenvalue weighted by atomic mass is 10.1. The highest BCUT2D eigenvalue weighted by molar-refractivity contribution is 6.06. The molecule has 0 bridgehead atoms. The first-order valence-electron chi connectivity index (χ1n) is 10.8. The van der Waals surface area contributed by atoms with Crippen molar-refractivity contribution in [2.45, 2.75) is 26.9 Å². The summed E-state index contributed by atoms with van der Waals surface area (Å²) in [6, 6.07) is 17.3. The van der Waals surface area contributed by atoms with Crippen LogP contribution >= 0.6 is 0 Å². The third kappa shape index (κ3) is 6.90. The fourth-order valence-corrected chi connectivity index (χ4v) is 3.13. The molecule has 0 spiro atoms. The number of rotatable bonds is 9. The largest absolute Gasteiger partial charge is 0.489 e. The topological polar surface area (TPSA) is 96.4 Å². The summed E-state index contributed by atoms with van der Waals surface area (Å²) in [7, 11) is 0. The molecule has 2 aromatic carbocycles. The number of hydrogen-bond acceptors (Lipinski definition) is 5. The Morgan fingerprint density at radius 2 is 1.97 bits per heavy atom. The van der Waals surface area contributed by atoms with Crippen LogP contribution in [0.15, 0.2) is 90.2 Å². The van der Waals surface area contributed by atoms with Crippen LogP contribution in [0.2, 0.25) is 0 Å². The third-order valence-corrected chi connectivity index (χ3v) is 4.76. The number of aromatic nitrogens is 1. The van der Waals surface area contributed by atoms with Gasteiger partial charge in [0.05, 0.1) is 5.70 Å². The highest BCUT2D eigenvalue weighted by atomic mass is 16.5. The number of nitrogens with two attached hydrogens (primary N) is 1. The first kappa shape index (κ1) is 23.5. The van der Waals surface area contributed by atoms with Gasteiger partial charge in [-0.2, -0.15) is 0 Å². The average Bonchev–Trinajstić information content (AvgIpc) is 2.84. The van der Waals surface area contributed by atoms with Crippen LogP contribution in [-0.4, -0.2) is 17.0 Å². The zero-order valence-electron chi connectivity index (χ0n) is 19.0. The number of benzene rings is 2. The van der Waals surface area contributed by atoms with Crippen LogP contribution in [0.25, 0.3) is 5.70 Å². The van der Waals surface area contributed by atoms with Crippen LogP contribution < -0.4 is 15.8 Å². The Balaban J connectivity index is 1.85. The molecule has 0 aliphatic heterocycles. The number of allylic oxidation sites excluding steroid dienone is 2. The fourth-order valence-electron chi connectivity index (χ4n) is 3.13. The number of ether oxygens (including phenoxy) is 1. The van der Waals surface area contributed by atoms with Gasteiger partial charge in [0.1, 0.15) is 18.2 Å². The summed E-state index contributed by atoms with van der Waals surface area (Å²) in [6.07, 6.45) is 11.5. The second-order valence-electron chi connectivity index (χ2n) is 7.28. The predicted octanol–water partition coefficient (Wildman–Crippen LogP) is 6.08. The van der Waals surface area contributed by atoms with E-state index in [1.807, 2.05) is 67.6 Å².